The molecule has 104 valence electrons. The molecule has 1 amide bonds. The molecule has 4 nitrogen and oxygen atoms in total. The highest BCUT2D eigenvalue weighted by Gasteiger charge is 2.17. The van der Waals surface area contributed by atoms with E-state index in [9.17, 15) is 14.7 Å². The van der Waals surface area contributed by atoms with E-state index in [-0.39, 0.29) is 18.1 Å². The highest BCUT2D eigenvalue weighted by atomic mass is 35.5. The van der Waals surface area contributed by atoms with Crippen LogP contribution < -0.4 is 10.4 Å². The third kappa shape index (κ3) is 3.48. The fraction of sp³-hybridized carbons (Fsp3) is 0.200. The van der Waals surface area contributed by atoms with E-state index >= 15 is 0 Å². The van der Waals surface area contributed by atoms with Crippen molar-refractivity contribution in [1.29, 1.82) is 0 Å². The monoisotopic (exact) mass is 290 g/mol. The lowest BCUT2D eigenvalue weighted by molar-refractivity contribution is -0.251. The van der Waals surface area contributed by atoms with Gasteiger partial charge in [0.1, 0.15) is 6.09 Å². The van der Waals surface area contributed by atoms with Gasteiger partial charge in [0.15, 0.2) is 5.78 Å². The summed E-state index contributed by atoms with van der Waals surface area (Å²) in [6.45, 7) is 0. The molecule has 0 heterocycles. The van der Waals surface area contributed by atoms with E-state index in [2.05, 4.69) is 5.32 Å². The van der Waals surface area contributed by atoms with E-state index in [1.165, 1.54) is 0 Å². The molecule has 0 bridgehead atoms. The van der Waals surface area contributed by atoms with Gasteiger partial charge in [0.2, 0.25) is 0 Å². The highest BCUT2D eigenvalue weighted by Crippen LogP contribution is 2.17. The molecule has 0 fully saturated rings. The average molecular weight is 291 g/mol. The molecular formula is C15H13ClNO3-. The molecule has 1 unspecified atom stereocenters. The van der Waals surface area contributed by atoms with Gasteiger partial charge in [0.25, 0.3) is 0 Å². The van der Waals surface area contributed by atoms with Crippen LogP contribution in [0, 0.1) is 0 Å². The Morgan fingerprint density at radius 1 is 1.15 bits per heavy atom. The van der Waals surface area contributed by atoms with Gasteiger partial charge in [0.05, 0.1) is 11.9 Å². The Balaban J connectivity index is 2.23. The van der Waals surface area contributed by atoms with Crippen molar-refractivity contribution in [3.63, 3.8) is 0 Å². The maximum Gasteiger partial charge on any atom is 0.170 e. The van der Waals surface area contributed by atoms with Crippen molar-refractivity contribution in [3.05, 3.63) is 48.0 Å². The smallest absolute Gasteiger partial charge is 0.170 e. The van der Waals surface area contributed by atoms with Gasteiger partial charge in [-0.05, 0) is 22.8 Å². The van der Waals surface area contributed by atoms with Crippen molar-refractivity contribution >= 4 is 34.2 Å². The third-order valence-corrected chi connectivity index (χ3v) is 3.33. The first-order valence-corrected chi connectivity index (χ1v) is 6.67. The van der Waals surface area contributed by atoms with Gasteiger partial charge in [-0.25, -0.2) is 0 Å². The summed E-state index contributed by atoms with van der Waals surface area (Å²) < 4.78 is 0. The first-order chi connectivity index (χ1) is 9.60. The summed E-state index contributed by atoms with van der Waals surface area (Å²) in [4.78, 5) is 22.2. The second-order valence-electron chi connectivity index (χ2n) is 4.47. The molecule has 0 spiro atoms. The first kappa shape index (κ1) is 14.3. The number of halogens is 1. The molecule has 0 saturated carbocycles. The largest absolute Gasteiger partial charge is 0.530 e. The lowest BCUT2D eigenvalue weighted by Gasteiger charge is -2.18. The molecule has 0 aromatic heterocycles. The highest BCUT2D eigenvalue weighted by molar-refractivity contribution is 6.28. The lowest BCUT2D eigenvalue weighted by Crippen LogP contribution is -2.48. The van der Waals surface area contributed by atoms with Crippen molar-refractivity contribution in [2.24, 2.45) is 0 Å². The number of hydrogen-bond donors (Lipinski definition) is 1. The van der Waals surface area contributed by atoms with Gasteiger partial charge in [-0.1, -0.05) is 42.5 Å². The Morgan fingerprint density at radius 2 is 1.85 bits per heavy atom. The van der Waals surface area contributed by atoms with E-state index in [0.29, 0.717) is 0 Å². The van der Waals surface area contributed by atoms with Crippen LogP contribution in [0.5, 0.6) is 0 Å². The maximum absolute atomic E-state index is 11.6. The lowest BCUT2D eigenvalue weighted by atomic mass is 10.00. The van der Waals surface area contributed by atoms with Crippen LogP contribution in [0.3, 0.4) is 0 Å². The van der Waals surface area contributed by atoms with Gasteiger partial charge >= 0.3 is 0 Å². The molecule has 2 rings (SSSR count). The van der Waals surface area contributed by atoms with Crippen molar-refractivity contribution in [2.45, 2.75) is 12.5 Å². The minimum atomic E-state index is -1.48. The van der Waals surface area contributed by atoms with Crippen LogP contribution >= 0.6 is 11.6 Å². The van der Waals surface area contributed by atoms with E-state index in [1.54, 1.807) is 0 Å². The van der Waals surface area contributed by atoms with Crippen LogP contribution in [0.2, 0.25) is 0 Å². The Kier molecular flexibility index (Phi) is 4.58. The minimum absolute atomic E-state index is 0.238. The van der Waals surface area contributed by atoms with E-state index in [4.69, 9.17) is 11.6 Å². The molecule has 2 aromatic rings. The fourth-order valence-electron chi connectivity index (χ4n) is 2.08. The summed E-state index contributed by atoms with van der Waals surface area (Å²) in [7, 11) is 0. The Labute approximate surface area is 121 Å². The molecule has 20 heavy (non-hydrogen) atoms. The van der Waals surface area contributed by atoms with E-state index in [1.807, 2.05) is 42.5 Å². The topological polar surface area (TPSA) is 69.2 Å². The number of carboxylic acid groups (broad SMARTS) is 1. The minimum Gasteiger partial charge on any atom is -0.530 e. The van der Waals surface area contributed by atoms with Crippen LogP contribution in [0.25, 0.3) is 10.8 Å². The number of alkyl halides is 1. The van der Waals surface area contributed by atoms with Crippen molar-refractivity contribution in [1.82, 2.24) is 5.32 Å². The van der Waals surface area contributed by atoms with E-state index < -0.39 is 12.1 Å². The first-order valence-electron chi connectivity index (χ1n) is 6.14. The molecule has 0 radical (unpaired) electrons. The predicted molar refractivity (Wildman–Crippen MR) is 75.7 cm³/mol. The van der Waals surface area contributed by atoms with Crippen LogP contribution in [0.1, 0.15) is 5.56 Å². The summed E-state index contributed by atoms with van der Waals surface area (Å²) >= 11 is 5.49. The summed E-state index contributed by atoms with van der Waals surface area (Å²) in [6.07, 6.45) is -1.22. The number of ketones is 1. The molecule has 1 N–H and O–H groups in total. The second-order valence-corrected chi connectivity index (χ2v) is 4.74. The maximum atomic E-state index is 11.6. The van der Waals surface area contributed by atoms with Crippen LogP contribution in [-0.2, 0) is 11.2 Å². The number of hydrogen-bond acceptors (Lipinski definition) is 3. The van der Waals surface area contributed by atoms with Crippen molar-refractivity contribution in [3.8, 4) is 0 Å². The summed E-state index contributed by atoms with van der Waals surface area (Å²) in [6, 6.07) is 12.7. The number of carbonyl (C=O) groups is 2. The number of rotatable bonds is 5. The quantitative estimate of drug-likeness (QED) is 0.848. The predicted octanol–water partition coefficient (Wildman–Crippen LogP) is 1.49. The number of fused-ring (bicyclic) bond motifs is 1. The third-order valence-electron chi connectivity index (χ3n) is 3.07. The summed E-state index contributed by atoms with van der Waals surface area (Å²) in [5.41, 5.74) is 0.862. The normalized spacial score (nSPS) is 12.1. The molecule has 5 heteroatoms. The molecule has 0 aliphatic heterocycles. The average Bonchev–Trinajstić information content (AvgIpc) is 2.45. The van der Waals surface area contributed by atoms with Gasteiger partial charge in [-0.2, -0.15) is 0 Å². The number of carbonyl (C=O) groups excluding carboxylic acids is 2. The van der Waals surface area contributed by atoms with Crippen LogP contribution in [0.4, 0.5) is 4.79 Å². The van der Waals surface area contributed by atoms with Crippen molar-refractivity contribution < 1.29 is 14.7 Å². The van der Waals surface area contributed by atoms with Crippen molar-refractivity contribution in [2.75, 3.05) is 5.88 Å². The van der Waals surface area contributed by atoms with Gasteiger partial charge in [-0.3, -0.25) is 4.79 Å². The Hall–Kier alpha value is -2.07. The molecule has 1 atom stereocenters. The number of amides is 1. The molecule has 0 saturated heterocycles. The van der Waals surface area contributed by atoms with Crippen LogP contribution in [0.15, 0.2) is 42.5 Å². The SMILES string of the molecule is O=C([O-])NC(Cc1ccc2ccccc2c1)C(=O)CCl. The summed E-state index contributed by atoms with van der Waals surface area (Å²) in [5, 5.41) is 14.8. The Morgan fingerprint density at radius 3 is 2.50 bits per heavy atom. The fourth-order valence-corrected chi connectivity index (χ4v) is 2.27. The molecular weight excluding hydrogens is 278 g/mol. The Bertz CT molecular complexity index is 642. The second kappa shape index (κ2) is 6.39. The van der Waals surface area contributed by atoms with Gasteiger partial charge in [-0.15, -0.1) is 11.6 Å². The summed E-state index contributed by atoms with van der Waals surface area (Å²) in [5.74, 6) is -0.609. The zero-order valence-corrected chi connectivity index (χ0v) is 11.4. The number of benzene rings is 2. The molecule has 2 aromatic carbocycles. The van der Waals surface area contributed by atoms with Crippen LogP contribution in [-0.4, -0.2) is 23.8 Å². The van der Waals surface area contributed by atoms with Gasteiger partial charge in [0, 0.05) is 0 Å². The zero-order chi connectivity index (χ0) is 14.5. The molecule has 0 aliphatic rings. The molecule has 0 aliphatic carbocycles. The number of Topliss-reactive ketones (excluding diaryl/α,β-unsaturated/α-hetero) is 1. The van der Waals surface area contributed by atoms with E-state index in [0.717, 1.165) is 16.3 Å². The van der Waals surface area contributed by atoms with Gasteiger partial charge < -0.3 is 15.2 Å². The zero-order valence-electron chi connectivity index (χ0n) is 10.6. The standard InChI is InChI=1S/C15H14ClNO3/c16-9-14(18)13(17-15(19)20)8-10-5-6-11-3-1-2-4-12(11)7-10/h1-7,13,17H,8-9H2,(H,19,20)/p-1. The number of nitrogens with one attached hydrogen (secondary N) is 1.